The highest BCUT2D eigenvalue weighted by molar-refractivity contribution is 8.93. The van der Waals surface area contributed by atoms with Gasteiger partial charge >= 0.3 is 0 Å². The number of hydrogen-bond donors (Lipinski definition) is 0. The third-order valence-corrected chi connectivity index (χ3v) is 9.98. The predicted molar refractivity (Wildman–Crippen MR) is 133 cm³/mol. The summed E-state index contributed by atoms with van der Waals surface area (Å²) in [5.74, 6) is 0. The molecule has 0 atom stereocenters. The van der Waals surface area contributed by atoms with Gasteiger partial charge in [-0.2, -0.15) is 0 Å². The fraction of sp³-hybridized carbons (Fsp3) is 0.280. The Morgan fingerprint density at radius 2 is 0.964 bits per heavy atom. The van der Waals surface area contributed by atoms with Crippen LogP contribution in [0.15, 0.2) is 91.0 Å². The number of rotatable bonds is 9. The van der Waals surface area contributed by atoms with E-state index in [1.165, 1.54) is 35.0 Å². The molecule has 28 heavy (non-hydrogen) atoms. The Bertz CT molecular complexity index is 692. The molecule has 1 nitrogen and oxygen atoms in total. The molecule has 0 saturated heterocycles. The van der Waals surface area contributed by atoms with Crippen LogP contribution < -0.4 is 15.9 Å². The lowest BCUT2D eigenvalue weighted by atomic mass is 10.3. The Labute approximate surface area is 181 Å². The highest BCUT2D eigenvalue weighted by Gasteiger charge is 2.44. The molecule has 0 spiro atoms. The number of halogens is 1. The number of hydrogen-bond acceptors (Lipinski definition) is 1. The normalized spacial score (nSPS) is 11.2. The Hall–Kier alpha value is -1.47. The van der Waals surface area contributed by atoms with E-state index < -0.39 is 7.26 Å². The van der Waals surface area contributed by atoms with Crippen LogP contribution in [0.4, 0.5) is 0 Å². The van der Waals surface area contributed by atoms with Crippen molar-refractivity contribution in [1.82, 2.24) is 4.90 Å². The molecule has 0 aliphatic heterocycles. The molecular formula is C25H32BrNP+. The van der Waals surface area contributed by atoms with Crippen LogP contribution in [0.5, 0.6) is 0 Å². The molecule has 0 fully saturated rings. The van der Waals surface area contributed by atoms with Crippen molar-refractivity contribution in [3.05, 3.63) is 91.0 Å². The van der Waals surface area contributed by atoms with Crippen molar-refractivity contribution in [1.29, 1.82) is 0 Å². The van der Waals surface area contributed by atoms with E-state index in [1.54, 1.807) is 0 Å². The standard InChI is InChI=1S/C25H31NP.BrH/c1-3-26(4-2)21-14-22-27(23-15-8-5-9-16-23,24-17-10-6-11-18-24)25-19-12-7-13-20-25;/h5-13,15-20H,3-4,14,21-22H2,1-2H3;1H/q+1;. The summed E-state index contributed by atoms with van der Waals surface area (Å²) in [5.41, 5.74) is 0. The molecule has 0 N–H and O–H groups in total. The van der Waals surface area contributed by atoms with Gasteiger partial charge in [0.15, 0.2) is 0 Å². The van der Waals surface area contributed by atoms with E-state index in [9.17, 15) is 0 Å². The molecule has 0 saturated carbocycles. The van der Waals surface area contributed by atoms with Crippen LogP contribution in [0.3, 0.4) is 0 Å². The molecule has 0 heterocycles. The fourth-order valence-electron chi connectivity index (χ4n) is 3.95. The molecule has 0 bridgehead atoms. The Kier molecular flexibility index (Phi) is 9.38. The lowest BCUT2D eigenvalue weighted by Gasteiger charge is -2.28. The van der Waals surface area contributed by atoms with Crippen LogP contribution >= 0.6 is 24.2 Å². The Balaban J connectivity index is 0.00000280. The van der Waals surface area contributed by atoms with Gasteiger partial charge in [-0.05, 0) is 55.9 Å². The average molecular weight is 457 g/mol. The molecule has 0 aliphatic carbocycles. The second-order valence-corrected chi connectivity index (χ2v) is 10.5. The van der Waals surface area contributed by atoms with E-state index in [1.807, 2.05) is 0 Å². The fourth-order valence-corrected chi connectivity index (χ4v) is 8.28. The maximum atomic E-state index is 2.54. The summed E-state index contributed by atoms with van der Waals surface area (Å²) < 4.78 is 0. The molecule has 0 aliphatic rings. The monoisotopic (exact) mass is 456 g/mol. The van der Waals surface area contributed by atoms with Gasteiger partial charge in [0, 0.05) is 6.54 Å². The van der Waals surface area contributed by atoms with E-state index in [4.69, 9.17) is 0 Å². The van der Waals surface area contributed by atoms with Crippen LogP contribution in [-0.4, -0.2) is 30.7 Å². The maximum Gasteiger partial charge on any atom is 0.112 e. The summed E-state index contributed by atoms with van der Waals surface area (Å²) in [4.78, 5) is 2.54. The van der Waals surface area contributed by atoms with Crippen molar-refractivity contribution in [3.8, 4) is 0 Å². The van der Waals surface area contributed by atoms with Gasteiger partial charge in [0.2, 0.25) is 0 Å². The lowest BCUT2D eigenvalue weighted by molar-refractivity contribution is 0.305. The quantitative estimate of drug-likeness (QED) is 0.395. The van der Waals surface area contributed by atoms with Crippen LogP contribution in [0.1, 0.15) is 20.3 Å². The van der Waals surface area contributed by atoms with Crippen LogP contribution in [0.25, 0.3) is 0 Å². The van der Waals surface area contributed by atoms with Gasteiger partial charge in [0.25, 0.3) is 0 Å². The molecule has 0 aromatic heterocycles. The van der Waals surface area contributed by atoms with Gasteiger partial charge in [-0.1, -0.05) is 68.4 Å². The van der Waals surface area contributed by atoms with Gasteiger partial charge in [-0.15, -0.1) is 17.0 Å². The van der Waals surface area contributed by atoms with Gasteiger partial charge < -0.3 is 4.90 Å². The summed E-state index contributed by atoms with van der Waals surface area (Å²) in [7, 11) is -1.66. The molecule has 3 rings (SSSR count). The molecule has 0 unspecified atom stereocenters. The SMILES string of the molecule is Br.CCN(CC)CCC[P+](c1ccccc1)(c1ccccc1)c1ccccc1. The van der Waals surface area contributed by atoms with E-state index in [-0.39, 0.29) is 17.0 Å². The van der Waals surface area contributed by atoms with Crippen LogP contribution in [0, 0.1) is 0 Å². The second kappa shape index (κ2) is 11.5. The lowest BCUT2D eigenvalue weighted by Crippen LogP contribution is -2.34. The van der Waals surface area contributed by atoms with Gasteiger partial charge in [-0.3, -0.25) is 0 Å². The molecule has 0 radical (unpaired) electrons. The van der Waals surface area contributed by atoms with Gasteiger partial charge in [0.05, 0.1) is 6.16 Å². The van der Waals surface area contributed by atoms with Gasteiger partial charge in [-0.25, -0.2) is 0 Å². The van der Waals surface area contributed by atoms with Crippen molar-refractivity contribution in [2.24, 2.45) is 0 Å². The molecule has 3 aromatic rings. The largest absolute Gasteiger partial charge is 0.304 e. The van der Waals surface area contributed by atoms with Crippen molar-refractivity contribution < 1.29 is 0 Å². The highest BCUT2D eigenvalue weighted by Crippen LogP contribution is 2.55. The summed E-state index contributed by atoms with van der Waals surface area (Å²) in [6.45, 7) is 7.95. The van der Waals surface area contributed by atoms with E-state index >= 15 is 0 Å². The molecule has 0 amide bonds. The summed E-state index contributed by atoms with van der Waals surface area (Å²) in [6.07, 6.45) is 2.43. The zero-order valence-corrected chi connectivity index (χ0v) is 19.6. The van der Waals surface area contributed by atoms with Gasteiger partial charge in [0.1, 0.15) is 23.2 Å². The number of nitrogens with zero attached hydrogens (tertiary/aromatic N) is 1. The third kappa shape index (κ3) is 5.11. The first-order valence-electron chi connectivity index (χ1n) is 10.1. The summed E-state index contributed by atoms with van der Waals surface area (Å²) in [5, 5.41) is 4.46. The van der Waals surface area contributed by atoms with Crippen LogP contribution in [-0.2, 0) is 0 Å². The minimum Gasteiger partial charge on any atom is -0.304 e. The van der Waals surface area contributed by atoms with E-state index in [2.05, 4.69) is 110 Å². The van der Waals surface area contributed by atoms with Crippen molar-refractivity contribution in [2.45, 2.75) is 20.3 Å². The summed E-state index contributed by atoms with van der Waals surface area (Å²) >= 11 is 0. The van der Waals surface area contributed by atoms with E-state index in [0.29, 0.717) is 0 Å². The maximum absolute atomic E-state index is 2.54. The third-order valence-electron chi connectivity index (χ3n) is 5.45. The molecule has 148 valence electrons. The van der Waals surface area contributed by atoms with Crippen molar-refractivity contribution in [2.75, 3.05) is 25.8 Å². The first-order chi connectivity index (χ1) is 13.3. The van der Waals surface area contributed by atoms with Crippen molar-refractivity contribution >= 4 is 40.2 Å². The zero-order chi connectivity index (χ0) is 19.0. The predicted octanol–water partition coefficient (Wildman–Crippen LogP) is 5.29. The molecule has 3 aromatic carbocycles. The first-order valence-corrected chi connectivity index (χ1v) is 12.1. The minimum atomic E-state index is -1.66. The van der Waals surface area contributed by atoms with Crippen molar-refractivity contribution in [3.63, 3.8) is 0 Å². The topological polar surface area (TPSA) is 3.24 Å². The molecular weight excluding hydrogens is 425 g/mol. The Morgan fingerprint density at radius 1 is 0.607 bits per heavy atom. The average Bonchev–Trinajstić information content (AvgIpc) is 2.76. The van der Waals surface area contributed by atoms with Crippen LogP contribution in [0.2, 0.25) is 0 Å². The Morgan fingerprint density at radius 3 is 1.29 bits per heavy atom. The zero-order valence-electron chi connectivity index (χ0n) is 17.0. The summed E-state index contributed by atoms with van der Waals surface area (Å²) in [6, 6.07) is 33.6. The van der Waals surface area contributed by atoms with E-state index in [0.717, 1.165) is 13.1 Å². The second-order valence-electron chi connectivity index (χ2n) is 6.92. The first kappa shape index (κ1) is 22.8. The smallest absolute Gasteiger partial charge is 0.112 e. The minimum absolute atomic E-state index is 0. The molecule has 3 heteroatoms. The number of benzene rings is 3. The highest BCUT2D eigenvalue weighted by atomic mass is 79.9.